The Labute approximate surface area is 123 Å². The molecule has 1 aromatic rings. The van der Waals surface area contributed by atoms with Crippen molar-refractivity contribution in [2.75, 3.05) is 13.1 Å². The largest absolute Gasteiger partial charge is 0.369 e. The van der Waals surface area contributed by atoms with Crippen LogP contribution < -0.4 is 11.1 Å². The number of aliphatic imine (C=N–C) groups is 1. The highest BCUT2D eigenvalue weighted by molar-refractivity contribution is 5.86. The van der Waals surface area contributed by atoms with Gasteiger partial charge in [-0.15, -0.1) is 0 Å². The lowest BCUT2D eigenvalue weighted by molar-refractivity contribution is 0.569. The average molecular weight is 275 g/mol. The van der Waals surface area contributed by atoms with E-state index in [-0.39, 0.29) is 0 Å². The van der Waals surface area contributed by atoms with E-state index in [2.05, 4.69) is 47.6 Å². The lowest BCUT2D eigenvalue weighted by Crippen LogP contribution is -2.34. The molecule has 112 valence electrons. The molecule has 1 aromatic carbocycles. The summed E-state index contributed by atoms with van der Waals surface area (Å²) in [4.78, 5) is 4.63. The fourth-order valence-electron chi connectivity index (χ4n) is 2.40. The molecule has 0 fully saturated rings. The number of nitrogens with two attached hydrogens (primary N) is 1. The molecule has 20 heavy (non-hydrogen) atoms. The molecule has 0 aliphatic carbocycles. The Balaban J connectivity index is 0.000000956. The fourth-order valence-corrected chi connectivity index (χ4v) is 2.40. The van der Waals surface area contributed by atoms with Gasteiger partial charge in [-0.3, -0.25) is 4.99 Å². The van der Waals surface area contributed by atoms with Gasteiger partial charge in [0.15, 0.2) is 0 Å². The molecular formula is C17H29N3. The molecule has 0 aromatic heterocycles. The maximum absolute atomic E-state index is 5.54. The second kappa shape index (κ2) is 9.54. The summed E-state index contributed by atoms with van der Waals surface area (Å²) >= 11 is 0. The average Bonchev–Trinajstić information content (AvgIpc) is 2.97. The van der Waals surface area contributed by atoms with Gasteiger partial charge >= 0.3 is 0 Å². The second-order valence-corrected chi connectivity index (χ2v) is 5.09. The molecule has 0 spiro atoms. The first-order valence-corrected chi connectivity index (χ1v) is 7.84. The van der Waals surface area contributed by atoms with Crippen LogP contribution in [-0.2, 0) is 6.42 Å². The molecule has 0 amide bonds. The lowest BCUT2D eigenvalue weighted by Gasteiger charge is -2.16. The Morgan fingerprint density at radius 3 is 2.65 bits per heavy atom. The molecule has 1 heterocycles. The topological polar surface area (TPSA) is 50.4 Å². The molecule has 1 aliphatic rings. The summed E-state index contributed by atoms with van der Waals surface area (Å²) < 4.78 is 0. The summed E-state index contributed by atoms with van der Waals surface area (Å²) in [6.45, 7) is 7.92. The van der Waals surface area contributed by atoms with Crippen LogP contribution in [-0.4, -0.2) is 25.0 Å². The van der Waals surface area contributed by atoms with Crippen LogP contribution in [0.15, 0.2) is 35.3 Å². The van der Waals surface area contributed by atoms with Crippen molar-refractivity contribution < 1.29 is 0 Å². The van der Waals surface area contributed by atoms with Crippen molar-refractivity contribution in [3.63, 3.8) is 0 Å². The number of amidine groups is 1. The maximum atomic E-state index is 5.54. The molecule has 3 nitrogen and oxygen atoms in total. The van der Waals surface area contributed by atoms with E-state index in [0.29, 0.717) is 12.0 Å². The maximum Gasteiger partial charge on any atom is 0.0998 e. The van der Waals surface area contributed by atoms with Gasteiger partial charge in [0.05, 0.1) is 12.4 Å². The molecule has 2 unspecified atom stereocenters. The van der Waals surface area contributed by atoms with E-state index in [0.717, 1.165) is 32.4 Å². The van der Waals surface area contributed by atoms with Crippen LogP contribution in [0.2, 0.25) is 0 Å². The van der Waals surface area contributed by atoms with Gasteiger partial charge in [-0.05, 0) is 31.4 Å². The summed E-state index contributed by atoms with van der Waals surface area (Å²) in [5, 5.41) is 3.54. The van der Waals surface area contributed by atoms with E-state index in [1.807, 2.05) is 13.8 Å². The van der Waals surface area contributed by atoms with Gasteiger partial charge in [0.25, 0.3) is 0 Å². The van der Waals surface area contributed by atoms with Crippen LogP contribution in [0.3, 0.4) is 0 Å². The summed E-state index contributed by atoms with van der Waals surface area (Å²) in [5.74, 6) is 1.64. The Bertz CT molecular complexity index is 386. The quantitative estimate of drug-likeness (QED) is 0.838. The van der Waals surface area contributed by atoms with Crippen LogP contribution in [0.4, 0.5) is 0 Å². The van der Waals surface area contributed by atoms with Gasteiger partial charge in [-0.2, -0.15) is 0 Å². The number of benzene rings is 1. The highest BCUT2D eigenvalue weighted by Gasteiger charge is 2.21. The first-order chi connectivity index (χ1) is 9.79. The van der Waals surface area contributed by atoms with Crippen molar-refractivity contribution >= 4 is 5.84 Å². The first-order valence-electron chi connectivity index (χ1n) is 7.84. The molecule has 2 rings (SSSR count). The third-order valence-corrected chi connectivity index (χ3v) is 3.44. The SMILES string of the molecule is CC.CC(Cc1ccccc1)C1=NCC(CCCN)N1. The summed E-state index contributed by atoms with van der Waals surface area (Å²) in [6.07, 6.45) is 3.26. The standard InChI is InChI=1S/C15H23N3.C2H6/c1-12(10-13-6-3-2-4-7-13)15-17-11-14(18-15)8-5-9-16;1-2/h2-4,6-7,12,14H,5,8-11,16H2,1H3,(H,17,18);1-2H3. The normalized spacial score (nSPS) is 18.6. The number of hydrogen-bond acceptors (Lipinski definition) is 3. The molecule has 3 N–H and O–H groups in total. The molecular weight excluding hydrogens is 246 g/mol. The van der Waals surface area contributed by atoms with Crippen LogP contribution in [0, 0.1) is 5.92 Å². The minimum Gasteiger partial charge on any atom is -0.369 e. The summed E-state index contributed by atoms with van der Waals surface area (Å²) in [7, 11) is 0. The van der Waals surface area contributed by atoms with Crippen LogP contribution >= 0.6 is 0 Å². The predicted molar refractivity (Wildman–Crippen MR) is 88.2 cm³/mol. The minimum absolute atomic E-state index is 0.468. The molecule has 1 aliphatic heterocycles. The van der Waals surface area contributed by atoms with E-state index < -0.39 is 0 Å². The zero-order valence-corrected chi connectivity index (χ0v) is 13.1. The number of hydrogen-bond donors (Lipinski definition) is 2. The number of rotatable bonds is 6. The monoisotopic (exact) mass is 275 g/mol. The van der Waals surface area contributed by atoms with Crippen molar-refractivity contribution in [1.82, 2.24) is 5.32 Å². The van der Waals surface area contributed by atoms with Crippen LogP contribution in [0.1, 0.15) is 39.2 Å². The van der Waals surface area contributed by atoms with Crippen molar-refractivity contribution in [3.8, 4) is 0 Å². The Kier molecular flexibility index (Phi) is 7.97. The van der Waals surface area contributed by atoms with Crippen molar-refractivity contribution in [2.45, 2.75) is 46.1 Å². The van der Waals surface area contributed by atoms with E-state index in [9.17, 15) is 0 Å². The third-order valence-electron chi connectivity index (χ3n) is 3.44. The van der Waals surface area contributed by atoms with E-state index in [1.165, 1.54) is 11.4 Å². The first kappa shape index (κ1) is 16.7. The summed E-state index contributed by atoms with van der Waals surface area (Å²) in [5.41, 5.74) is 6.91. The zero-order valence-electron chi connectivity index (χ0n) is 13.1. The fraction of sp³-hybridized carbons (Fsp3) is 0.588. The highest BCUT2D eigenvalue weighted by Crippen LogP contribution is 2.13. The van der Waals surface area contributed by atoms with Crippen molar-refractivity contribution in [2.24, 2.45) is 16.6 Å². The smallest absolute Gasteiger partial charge is 0.0998 e. The van der Waals surface area contributed by atoms with Gasteiger partial charge in [0, 0.05) is 12.0 Å². The zero-order chi connectivity index (χ0) is 14.8. The van der Waals surface area contributed by atoms with Gasteiger partial charge in [0.1, 0.15) is 0 Å². The van der Waals surface area contributed by atoms with E-state index in [4.69, 9.17) is 5.73 Å². The molecule has 0 radical (unpaired) electrons. The minimum atomic E-state index is 0.468. The molecule has 2 atom stereocenters. The number of nitrogens with one attached hydrogen (secondary N) is 1. The highest BCUT2D eigenvalue weighted by atomic mass is 15.1. The molecule has 0 saturated carbocycles. The molecule has 3 heteroatoms. The van der Waals surface area contributed by atoms with Gasteiger partial charge in [0.2, 0.25) is 0 Å². The Morgan fingerprint density at radius 1 is 1.30 bits per heavy atom. The van der Waals surface area contributed by atoms with Crippen LogP contribution in [0.5, 0.6) is 0 Å². The predicted octanol–water partition coefficient (Wildman–Crippen LogP) is 3.00. The number of nitrogens with zero attached hydrogens (tertiary/aromatic N) is 1. The Hall–Kier alpha value is -1.35. The lowest BCUT2D eigenvalue weighted by atomic mass is 10.00. The third kappa shape index (κ3) is 5.33. The molecule has 0 saturated heterocycles. The van der Waals surface area contributed by atoms with E-state index >= 15 is 0 Å². The van der Waals surface area contributed by atoms with Gasteiger partial charge in [-0.1, -0.05) is 51.1 Å². The van der Waals surface area contributed by atoms with Crippen LogP contribution in [0.25, 0.3) is 0 Å². The second-order valence-electron chi connectivity index (χ2n) is 5.09. The van der Waals surface area contributed by atoms with Gasteiger partial charge in [-0.25, -0.2) is 0 Å². The van der Waals surface area contributed by atoms with Gasteiger partial charge < -0.3 is 11.1 Å². The van der Waals surface area contributed by atoms with E-state index in [1.54, 1.807) is 0 Å². The van der Waals surface area contributed by atoms with Crippen molar-refractivity contribution in [1.29, 1.82) is 0 Å². The molecule has 0 bridgehead atoms. The summed E-state index contributed by atoms with van der Waals surface area (Å²) in [6, 6.07) is 11.1. The Morgan fingerprint density at radius 2 is 2.00 bits per heavy atom. The van der Waals surface area contributed by atoms with Crippen molar-refractivity contribution in [3.05, 3.63) is 35.9 Å².